The van der Waals surface area contributed by atoms with E-state index in [1.165, 1.54) is 0 Å². The predicted octanol–water partition coefficient (Wildman–Crippen LogP) is 5.42. The van der Waals surface area contributed by atoms with Gasteiger partial charge in [-0.3, -0.25) is 19.5 Å². The van der Waals surface area contributed by atoms with Crippen molar-refractivity contribution in [2.45, 2.75) is 118 Å². The van der Waals surface area contributed by atoms with Crippen LogP contribution in [0, 0.1) is 10.8 Å². The van der Waals surface area contributed by atoms with E-state index < -0.39 is 10.8 Å². The summed E-state index contributed by atoms with van der Waals surface area (Å²) in [5, 5.41) is 3.56. The monoisotopic (exact) mass is 525 g/mol. The lowest BCUT2D eigenvalue weighted by molar-refractivity contribution is -0.134. The molecule has 0 aliphatic carbocycles. The lowest BCUT2D eigenvalue weighted by Crippen LogP contribution is -2.55. The molecule has 0 spiro atoms. The summed E-state index contributed by atoms with van der Waals surface area (Å²) in [6.07, 6.45) is 9.68. The number of carbonyl (C=O) groups is 2. The molecular formula is C31H51N5O2. The molecule has 7 nitrogen and oxygen atoms in total. The number of nitrogens with zero attached hydrogens (tertiary/aromatic N) is 3. The van der Waals surface area contributed by atoms with Gasteiger partial charge >= 0.3 is 0 Å². The van der Waals surface area contributed by atoms with Gasteiger partial charge in [0.15, 0.2) is 11.6 Å². The summed E-state index contributed by atoms with van der Waals surface area (Å²) in [7, 11) is 2.03. The van der Waals surface area contributed by atoms with Crippen LogP contribution in [0.3, 0.4) is 0 Å². The van der Waals surface area contributed by atoms with Crippen LogP contribution in [0.15, 0.2) is 37.1 Å². The maximum atomic E-state index is 14.0. The zero-order valence-electron chi connectivity index (χ0n) is 25.6. The molecule has 2 aromatic heterocycles. The summed E-state index contributed by atoms with van der Waals surface area (Å²) in [4.78, 5) is 41.2. The van der Waals surface area contributed by atoms with Gasteiger partial charge in [0.05, 0.1) is 18.4 Å². The minimum atomic E-state index is -0.545. The molecular weight excluding hydrogens is 474 g/mol. The van der Waals surface area contributed by atoms with Crippen molar-refractivity contribution in [3.05, 3.63) is 48.3 Å². The molecule has 0 fully saturated rings. The van der Waals surface area contributed by atoms with Crippen LogP contribution in [-0.4, -0.2) is 61.6 Å². The number of hydrogen-bond acceptors (Lipinski definition) is 6. The Hall–Kier alpha value is -2.38. The van der Waals surface area contributed by atoms with Crippen molar-refractivity contribution in [3.8, 4) is 0 Å². The van der Waals surface area contributed by atoms with Crippen LogP contribution >= 0.6 is 0 Å². The maximum Gasteiger partial charge on any atom is 0.155 e. The van der Waals surface area contributed by atoms with E-state index in [-0.39, 0.29) is 34.7 Å². The Labute approximate surface area is 230 Å². The fourth-order valence-electron chi connectivity index (χ4n) is 4.81. The van der Waals surface area contributed by atoms with Crippen molar-refractivity contribution in [1.29, 1.82) is 0 Å². The number of rotatable bonds is 13. The minimum absolute atomic E-state index is 0.198. The molecule has 2 atom stereocenters. The predicted molar refractivity (Wildman–Crippen MR) is 155 cm³/mol. The summed E-state index contributed by atoms with van der Waals surface area (Å²) >= 11 is 0. The van der Waals surface area contributed by atoms with Crippen LogP contribution < -0.4 is 5.32 Å². The number of likely N-dealkylation sites (N-methyl/N-ethyl adjacent to an activating group) is 1. The van der Waals surface area contributed by atoms with E-state index in [4.69, 9.17) is 0 Å². The van der Waals surface area contributed by atoms with Crippen molar-refractivity contribution >= 4 is 11.6 Å². The van der Waals surface area contributed by atoms with Gasteiger partial charge < -0.3 is 10.3 Å². The summed E-state index contributed by atoms with van der Waals surface area (Å²) in [6.45, 7) is 20.6. The third kappa shape index (κ3) is 9.12. The number of Topliss-reactive ketones (excluding diaryl/α,β-unsaturated/α-hetero) is 2. The third-order valence-electron chi connectivity index (χ3n) is 7.55. The number of carbonyl (C=O) groups excluding carboxylic acids is 2. The van der Waals surface area contributed by atoms with Crippen LogP contribution in [0.1, 0.15) is 93.3 Å². The van der Waals surface area contributed by atoms with Gasteiger partial charge in [-0.1, -0.05) is 40.7 Å². The summed E-state index contributed by atoms with van der Waals surface area (Å²) in [5.74, 6) is 0.401. The van der Waals surface area contributed by atoms with Crippen molar-refractivity contribution in [2.75, 3.05) is 7.05 Å². The topological polar surface area (TPSA) is 91.0 Å². The Morgan fingerprint density at radius 3 is 2.08 bits per heavy atom. The fourth-order valence-corrected chi connectivity index (χ4v) is 4.81. The zero-order chi connectivity index (χ0) is 28.9. The molecule has 0 radical (unpaired) electrons. The van der Waals surface area contributed by atoms with E-state index in [9.17, 15) is 9.59 Å². The highest BCUT2D eigenvalue weighted by Gasteiger charge is 2.41. The van der Waals surface area contributed by atoms with E-state index in [0.29, 0.717) is 19.3 Å². The van der Waals surface area contributed by atoms with Crippen LogP contribution in [0.5, 0.6) is 0 Å². The van der Waals surface area contributed by atoms with E-state index in [0.717, 1.165) is 17.7 Å². The van der Waals surface area contributed by atoms with Crippen LogP contribution in [0.2, 0.25) is 0 Å². The Bertz CT molecular complexity index is 1030. The molecule has 2 heterocycles. The number of nitrogens with one attached hydrogen (secondary N) is 2. The quantitative estimate of drug-likeness (QED) is 0.363. The largest absolute Gasteiger partial charge is 0.348 e. The summed E-state index contributed by atoms with van der Waals surface area (Å²) in [6, 6.07) is 3.32. The van der Waals surface area contributed by atoms with E-state index in [2.05, 4.69) is 59.8 Å². The third-order valence-corrected chi connectivity index (χ3v) is 7.55. The van der Waals surface area contributed by atoms with Crippen LogP contribution in [-0.2, 0) is 22.4 Å². The number of hydrogen-bond donors (Lipinski definition) is 2. The average molecular weight is 526 g/mol. The second-order valence-corrected chi connectivity index (χ2v) is 14.1. The second kappa shape index (κ2) is 12.2. The second-order valence-electron chi connectivity index (χ2n) is 14.1. The first-order chi connectivity index (χ1) is 17.3. The number of aromatic amines is 1. The Morgan fingerprint density at radius 2 is 1.58 bits per heavy atom. The SMILES string of the molecule is CN([C@@H](Cc1cnc[nH]1)C(=O)C(C)(C)C)C(C)(C)CCC(C)(C)C(=O)[C@H](Cc1cccnc1)NC(C)(C)C. The molecule has 2 aromatic rings. The number of H-pyrrole nitrogens is 1. The molecule has 0 unspecified atom stereocenters. The van der Waals surface area contributed by atoms with Gasteiger partial charge in [0.25, 0.3) is 0 Å². The smallest absolute Gasteiger partial charge is 0.155 e. The highest BCUT2D eigenvalue weighted by Crippen LogP contribution is 2.34. The molecule has 0 aliphatic heterocycles. The van der Waals surface area contributed by atoms with E-state index in [1.807, 2.05) is 60.0 Å². The van der Waals surface area contributed by atoms with Crippen molar-refractivity contribution in [2.24, 2.45) is 10.8 Å². The Kier molecular flexibility index (Phi) is 10.2. The minimum Gasteiger partial charge on any atom is -0.348 e. The standard InChI is InChI=1S/C31H51N5O2/c1-28(2,3)27(38)25(18-23-20-33-21-34-23)36(11)31(9,10)15-14-30(7,8)26(37)24(35-29(4,5)6)17-22-13-12-16-32-19-22/h12-13,16,19-21,24-25,35H,14-15,17-18H2,1-11H3,(H,33,34)/t24-,25-/m0/s1. The van der Waals surface area contributed by atoms with Crippen molar-refractivity contribution in [3.63, 3.8) is 0 Å². The number of aromatic nitrogens is 3. The molecule has 212 valence electrons. The number of ketones is 2. The van der Waals surface area contributed by atoms with Gasteiger partial charge in [0.1, 0.15) is 0 Å². The van der Waals surface area contributed by atoms with E-state index >= 15 is 0 Å². The molecule has 0 saturated heterocycles. The molecule has 2 rings (SSSR count). The van der Waals surface area contributed by atoms with Gasteiger partial charge in [-0.05, 0) is 72.6 Å². The molecule has 2 N–H and O–H groups in total. The molecule has 0 aromatic carbocycles. The first kappa shape index (κ1) is 31.8. The normalized spacial score (nSPS) is 14.9. The first-order valence-corrected chi connectivity index (χ1v) is 13.8. The Morgan fingerprint density at radius 1 is 0.921 bits per heavy atom. The van der Waals surface area contributed by atoms with E-state index in [1.54, 1.807) is 18.7 Å². The molecule has 0 aliphatic rings. The van der Waals surface area contributed by atoms with Gasteiger partial charge in [0.2, 0.25) is 0 Å². The Balaban J connectivity index is 2.22. The van der Waals surface area contributed by atoms with Crippen LogP contribution in [0.25, 0.3) is 0 Å². The molecule has 38 heavy (non-hydrogen) atoms. The van der Waals surface area contributed by atoms with Crippen LogP contribution in [0.4, 0.5) is 0 Å². The highest BCUT2D eigenvalue weighted by atomic mass is 16.1. The van der Waals surface area contributed by atoms with Crippen molar-refractivity contribution < 1.29 is 9.59 Å². The zero-order valence-corrected chi connectivity index (χ0v) is 25.6. The highest BCUT2D eigenvalue weighted by molar-refractivity contribution is 5.90. The maximum absolute atomic E-state index is 14.0. The molecule has 7 heteroatoms. The summed E-state index contributed by atoms with van der Waals surface area (Å²) < 4.78 is 0. The van der Waals surface area contributed by atoms with Gasteiger partial charge in [-0.25, -0.2) is 4.98 Å². The van der Waals surface area contributed by atoms with Crippen molar-refractivity contribution in [1.82, 2.24) is 25.2 Å². The fraction of sp³-hybridized carbons (Fsp3) is 0.677. The average Bonchev–Trinajstić information content (AvgIpc) is 3.32. The van der Waals surface area contributed by atoms with Gasteiger partial charge in [-0.15, -0.1) is 0 Å². The lowest BCUT2D eigenvalue weighted by atomic mass is 9.75. The van der Waals surface area contributed by atoms with Gasteiger partial charge in [0, 0.05) is 52.6 Å². The molecule has 0 saturated carbocycles. The lowest BCUT2D eigenvalue weighted by Gasteiger charge is -2.44. The number of pyridine rings is 1. The van der Waals surface area contributed by atoms with Gasteiger partial charge in [-0.2, -0.15) is 0 Å². The molecule has 0 amide bonds. The number of imidazole rings is 1. The molecule has 0 bridgehead atoms. The first-order valence-electron chi connectivity index (χ1n) is 13.8. The summed E-state index contributed by atoms with van der Waals surface area (Å²) in [5.41, 5.74) is 0.460.